The number of rotatable bonds is 4. The van der Waals surface area contributed by atoms with E-state index in [1.54, 1.807) is 0 Å². The molecule has 1 aliphatic carbocycles. The lowest BCUT2D eigenvalue weighted by molar-refractivity contribution is 0.648. The number of aryl methyl sites for hydroxylation is 1. The van der Waals surface area contributed by atoms with Gasteiger partial charge < -0.3 is 4.18 Å². The lowest BCUT2D eigenvalue weighted by atomic mass is 9.98. The molecule has 0 bridgehead atoms. The molecule has 104 valence electrons. The summed E-state index contributed by atoms with van der Waals surface area (Å²) in [5.74, 6) is 1.27. The summed E-state index contributed by atoms with van der Waals surface area (Å²) >= 11 is 7.29. The largest absolute Gasteiger partial charge is 0.405 e. The van der Waals surface area contributed by atoms with Crippen LogP contribution in [0.5, 0.6) is 5.75 Å². The minimum atomic E-state index is 0.497. The highest BCUT2D eigenvalue weighted by atomic mass is 35.5. The molecule has 1 aliphatic rings. The van der Waals surface area contributed by atoms with Crippen LogP contribution in [-0.2, 0) is 12.8 Å². The Morgan fingerprint density at radius 3 is 2.75 bits per heavy atom. The van der Waals surface area contributed by atoms with Crippen LogP contribution in [0.2, 0.25) is 5.15 Å². The molecule has 0 spiro atoms. The Bertz CT molecular complexity index is 594. The second-order valence-corrected chi connectivity index (χ2v) is 5.45. The molecule has 1 heterocycles. The van der Waals surface area contributed by atoms with Crippen molar-refractivity contribution in [1.82, 2.24) is 9.97 Å². The zero-order chi connectivity index (χ0) is 13.8. The highest BCUT2D eigenvalue weighted by Gasteiger charge is 2.16. The fourth-order valence-corrected chi connectivity index (χ4v) is 2.87. The van der Waals surface area contributed by atoms with Gasteiger partial charge in [-0.05, 0) is 37.8 Å². The minimum Gasteiger partial charge on any atom is -0.405 e. The summed E-state index contributed by atoms with van der Waals surface area (Å²) in [6.45, 7) is 0. The fraction of sp³-hybridized carbons (Fsp3) is 0.286. The van der Waals surface area contributed by atoms with Crippen LogP contribution >= 0.6 is 23.8 Å². The Morgan fingerprint density at radius 2 is 1.90 bits per heavy atom. The van der Waals surface area contributed by atoms with Gasteiger partial charge in [-0.2, -0.15) is 0 Å². The Kier molecular flexibility index (Phi) is 4.28. The average molecular weight is 308 g/mol. The summed E-state index contributed by atoms with van der Waals surface area (Å²) in [4.78, 5) is 8.76. The summed E-state index contributed by atoms with van der Waals surface area (Å²) in [6.07, 6.45) is 4.26. The minimum absolute atomic E-state index is 0.497. The number of nitrogens with zero attached hydrogens (tertiary/aromatic N) is 2. The normalized spacial score (nSPS) is 13.7. The van der Waals surface area contributed by atoms with Crippen molar-refractivity contribution in [2.24, 2.45) is 0 Å². The summed E-state index contributed by atoms with van der Waals surface area (Å²) < 4.78 is 8.45. The number of hydrogen-bond donors (Lipinski definition) is 1. The van der Waals surface area contributed by atoms with Crippen LogP contribution in [0.15, 0.2) is 30.3 Å². The van der Waals surface area contributed by atoms with Crippen LogP contribution < -0.4 is 8.91 Å². The van der Waals surface area contributed by atoms with Crippen molar-refractivity contribution in [3.8, 4) is 5.75 Å². The maximum atomic E-state index is 6.20. The summed E-state index contributed by atoms with van der Waals surface area (Å²) in [5, 5.41) is 0.553. The number of para-hydroxylation sites is 1. The molecule has 0 atom stereocenters. The SMILES string of the molecule is Clc1nc(NSOc2ccccc2)nc2c1CCCC2. The Labute approximate surface area is 127 Å². The van der Waals surface area contributed by atoms with Crippen LogP contribution in [0, 0.1) is 0 Å². The fourth-order valence-electron chi connectivity index (χ4n) is 2.18. The van der Waals surface area contributed by atoms with Crippen molar-refractivity contribution in [1.29, 1.82) is 0 Å². The van der Waals surface area contributed by atoms with Gasteiger partial charge in [-0.1, -0.05) is 29.8 Å². The van der Waals surface area contributed by atoms with E-state index in [-0.39, 0.29) is 0 Å². The standard InChI is InChI=1S/C14H14ClN3OS/c15-13-11-8-4-5-9-12(11)16-14(17-13)18-20-19-10-6-2-1-3-7-10/h1-3,6-7H,4-5,8-9H2,(H,16,17,18). The zero-order valence-electron chi connectivity index (χ0n) is 10.8. The second kappa shape index (κ2) is 6.33. The van der Waals surface area contributed by atoms with Crippen LogP contribution in [0.4, 0.5) is 5.95 Å². The van der Waals surface area contributed by atoms with Gasteiger partial charge in [0.25, 0.3) is 0 Å². The van der Waals surface area contributed by atoms with Gasteiger partial charge >= 0.3 is 0 Å². The Hall–Kier alpha value is -1.46. The monoisotopic (exact) mass is 307 g/mol. The van der Waals surface area contributed by atoms with Gasteiger partial charge in [-0.15, -0.1) is 0 Å². The predicted molar refractivity (Wildman–Crippen MR) is 82.0 cm³/mol. The van der Waals surface area contributed by atoms with E-state index in [1.165, 1.54) is 0 Å². The van der Waals surface area contributed by atoms with E-state index in [0.717, 1.165) is 54.9 Å². The van der Waals surface area contributed by atoms with E-state index in [0.29, 0.717) is 11.1 Å². The number of aromatic nitrogens is 2. The summed E-state index contributed by atoms with van der Waals surface area (Å²) in [5.41, 5.74) is 2.15. The third kappa shape index (κ3) is 3.16. The van der Waals surface area contributed by atoms with Crippen LogP contribution in [0.3, 0.4) is 0 Å². The molecule has 0 saturated heterocycles. The predicted octanol–water partition coefficient (Wildman–Crippen LogP) is 4.06. The van der Waals surface area contributed by atoms with Gasteiger partial charge in [0.05, 0.1) is 5.69 Å². The first-order valence-corrected chi connectivity index (χ1v) is 7.65. The molecule has 0 unspecified atom stereocenters. The molecule has 1 aromatic carbocycles. The molecule has 20 heavy (non-hydrogen) atoms. The molecule has 2 aromatic rings. The maximum absolute atomic E-state index is 6.20. The Morgan fingerprint density at radius 1 is 1.10 bits per heavy atom. The van der Waals surface area contributed by atoms with Gasteiger partial charge in [-0.25, -0.2) is 9.97 Å². The molecule has 0 radical (unpaired) electrons. The van der Waals surface area contributed by atoms with Gasteiger partial charge in [0, 0.05) is 5.56 Å². The first kappa shape index (κ1) is 13.5. The molecular formula is C14H14ClN3OS. The maximum Gasteiger partial charge on any atom is 0.237 e. The first-order valence-electron chi connectivity index (χ1n) is 6.53. The van der Waals surface area contributed by atoms with Crippen molar-refractivity contribution in [2.45, 2.75) is 25.7 Å². The lowest BCUT2D eigenvalue weighted by Crippen LogP contribution is -2.09. The van der Waals surface area contributed by atoms with Crippen LogP contribution in [-0.4, -0.2) is 9.97 Å². The summed E-state index contributed by atoms with van der Waals surface area (Å²) in [6, 6.07) is 9.55. The molecule has 0 amide bonds. The smallest absolute Gasteiger partial charge is 0.237 e. The number of halogens is 1. The number of benzene rings is 1. The third-order valence-corrected chi connectivity index (χ3v) is 4.00. The number of nitrogens with one attached hydrogen (secondary N) is 1. The average Bonchev–Trinajstić information content (AvgIpc) is 2.48. The number of fused-ring (bicyclic) bond motifs is 1. The van der Waals surface area contributed by atoms with Crippen LogP contribution in [0.1, 0.15) is 24.1 Å². The van der Waals surface area contributed by atoms with Crippen molar-refractivity contribution in [3.05, 3.63) is 46.7 Å². The Balaban J connectivity index is 1.64. The molecule has 1 N–H and O–H groups in total. The van der Waals surface area contributed by atoms with Crippen molar-refractivity contribution >= 4 is 29.8 Å². The van der Waals surface area contributed by atoms with E-state index in [9.17, 15) is 0 Å². The topological polar surface area (TPSA) is 47.0 Å². The molecule has 0 saturated carbocycles. The third-order valence-electron chi connectivity index (χ3n) is 3.15. The van der Waals surface area contributed by atoms with Gasteiger partial charge in [0.2, 0.25) is 5.95 Å². The quantitative estimate of drug-likeness (QED) is 0.524. The van der Waals surface area contributed by atoms with Gasteiger partial charge in [0.1, 0.15) is 10.9 Å². The number of anilines is 1. The van der Waals surface area contributed by atoms with Gasteiger partial charge in [0.15, 0.2) is 12.2 Å². The lowest BCUT2D eigenvalue weighted by Gasteiger charge is -2.16. The van der Waals surface area contributed by atoms with Crippen molar-refractivity contribution < 1.29 is 4.18 Å². The van der Waals surface area contributed by atoms with E-state index >= 15 is 0 Å². The van der Waals surface area contributed by atoms with E-state index in [4.69, 9.17) is 15.8 Å². The number of hydrogen-bond acceptors (Lipinski definition) is 5. The molecule has 6 heteroatoms. The molecule has 0 fully saturated rings. The highest BCUT2D eigenvalue weighted by molar-refractivity contribution is 7.96. The van der Waals surface area contributed by atoms with E-state index in [1.807, 2.05) is 30.3 Å². The molecule has 4 nitrogen and oxygen atoms in total. The van der Waals surface area contributed by atoms with Crippen LogP contribution in [0.25, 0.3) is 0 Å². The highest BCUT2D eigenvalue weighted by Crippen LogP contribution is 2.27. The first-order chi connectivity index (χ1) is 9.83. The summed E-state index contributed by atoms with van der Waals surface area (Å²) in [7, 11) is 0. The second-order valence-electron chi connectivity index (χ2n) is 4.55. The van der Waals surface area contributed by atoms with Crippen molar-refractivity contribution in [3.63, 3.8) is 0 Å². The van der Waals surface area contributed by atoms with Gasteiger partial charge in [-0.3, -0.25) is 4.72 Å². The van der Waals surface area contributed by atoms with E-state index < -0.39 is 0 Å². The zero-order valence-corrected chi connectivity index (χ0v) is 12.4. The molecule has 1 aromatic heterocycles. The molecular weight excluding hydrogens is 294 g/mol. The van der Waals surface area contributed by atoms with E-state index in [2.05, 4.69) is 14.7 Å². The molecule has 3 rings (SSSR count). The molecule has 0 aliphatic heterocycles. The van der Waals surface area contributed by atoms with Crippen molar-refractivity contribution in [2.75, 3.05) is 4.72 Å².